The molecule has 0 unspecified atom stereocenters. The van der Waals surface area contributed by atoms with Crippen molar-refractivity contribution in [2.24, 2.45) is 0 Å². The number of benzene rings is 1. The van der Waals surface area contributed by atoms with E-state index in [1.807, 2.05) is 25.1 Å². The van der Waals surface area contributed by atoms with E-state index in [9.17, 15) is 4.79 Å². The van der Waals surface area contributed by atoms with Gasteiger partial charge in [0.1, 0.15) is 16.3 Å². The summed E-state index contributed by atoms with van der Waals surface area (Å²) in [4.78, 5) is 11.3. The Bertz CT molecular complexity index is 522. The lowest BCUT2D eigenvalue weighted by Crippen LogP contribution is -1.91. The van der Waals surface area contributed by atoms with Gasteiger partial charge in [0.25, 0.3) is 0 Å². The molecule has 0 amide bonds. The highest BCUT2D eigenvalue weighted by atomic mass is 32.1. The minimum absolute atomic E-state index is 0.516. The van der Waals surface area contributed by atoms with E-state index < -0.39 is 0 Å². The Morgan fingerprint density at radius 2 is 2.25 bits per heavy atom. The molecule has 1 aromatic carbocycles. The Morgan fingerprint density at radius 1 is 1.44 bits per heavy atom. The van der Waals surface area contributed by atoms with Crippen LogP contribution in [0.2, 0.25) is 0 Å². The molecule has 0 aliphatic heterocycles. The van der Waals surface area contributed by atoms with E-state index in [1.54, 1.807) is 7.11 Å². The second-order valence-corrected chi connectivity index (χ2v) is 4.09. The van der Waals surface area contributed by atoms with Gasteiger partial charge in [-0.25, -0.2) is 0 Å². The molecule has 0 saturated carbocycles. The first-order valence-corrected chi connectivity index (χ1v) is 5.46. The number of aromatic nitrogens is 2. The third-order valence-electron chi connectivity index (χ3n) is 2.23. The molecule has 0 spiro atoms. The Balaban J connectivity index is 2.59. The van der Waals surface area contributed by atoms with Gasteiger partial charge < -0.3 is 4.74 Å². The second-order valence-electron chi connectivity index (χ2n) is 3.31. The molecule has 1 heterocycles. The van der Waals surface area contributed by atoms with Gasteiger partial charge in [0.2, 0.25) is 0 Å². The number of hydrogen-bond donors (Lipinski definition) is 0. The standard InChI is InChI=1S/C11H10N2O2S/c1-7-3-4-8(9(5-7)15-2)11-10(6-14)16-13-12-11/h3-6H,1-2H3. The van der Waals surface area contributed by atoms with Crippen molar-refractivity contribution in [2.75, 3.05) is 7.11 Å². The van der Waals surface area contributed by atoms with Gasteiger partial charge >= 0.3 is 0 Å². The maximum absolute atomic E-state index is 10.8. The van der Waals surface area contributed by atoms with Crippen molar-refractivity contribution < 1.29 is 9.53 Å². The van der Waals surface area contributed by atoms with Crippen LogP contribution in [0.25, 0.3) is 11.3 Å². The van der Waals surface area contributed by atoms with E-state index in [1.165, 1.54) is 0 Å². The molecule has 0 N–H and O–H groups in total. The van der Waals surface area contributed by atoms with Crippen LogP contribution in [0.4, 0.5) is 0 Å². The summed E-state index contributed by atoms with van der Waals surface area (Å²) >= 11 is 1.08. The first-order valence-electron chi connectivity index (χ1n) is 4.69. The molecule has 2 aromatic rings. The summed E-state index contributed by atoms with van der Waals surface area (Å²) in [5.74, 6) is 0.704. The summed E-state index contributed by atoms with van der Waals surface area (Å²) in [6.45, 7) is 1.98. The Labute approximate surface area is 97.0 Å². The van der Waals surface area contributed by atoms with Crippen LogP contribution in [0.15, 0.2) is 18.2 Å². The fourth-order valence-electron chi connectivity index (χ4n) is 1.46. The summed E-state index contributed by atoms with van der Waals surface area (Å²) in [6.07, 6.45) is 0.763. The minimum Gasteiger partial charge on any atom is -0.496 e. The lowest BCUT2D eigenvalue weighted by Gasteiger charge is -2.07. The maximum atomic E-state index is 10.8. The molecule has 0 aliphatic carbocycles. The summed E-state index contributed by atoms with van der Waals surface area (Å²) < 4.78 is 9.04. The number of ether oxygens (including phenoxy) is 1. The van der Waals surface area contributed by atoms with E-state index in [4.69, 9.17) is 4.74 Å². The molecule has 0 atom stereocenters. The summed E-state index contributed by atoms with van der Waals surface area (Å²) in [5.41, 5.74) is 2.47. The van der Waals surface area contributed by atoms with Crippen molar-refractivity contribution in [3.63, 3.8) is 0 Å². The molecule has 0 radical (unpaired) electrons. The van der Waals surface area contributed by atoms with Crippen LogP contribution >= 0.6 is 11.5 Å². The van der Waals surface area contributed by atoms with Crippen molar-refractivity contribution in [1.82, 2.24) is 9.59 Å². The number of rotatable bonds is 3. The number of hydrogen-bond acceptors (Lipinski definition) is 5. The lowest BCUT2D eigenvalue weighted by molar-refractivity contribution is 0.112. The maximum Gasteiger partial charge on any atom is 0.163 e. The Hall–Kier alpha value is -1.75. The molecule has 0 saturated heterocycles. The van der Waals surface area contributed by atoms with Crippen LogP contribution in [0, 0.1) is 6.92 Å². The fraction of sp³-hybridized carbons (Fsp3) is 0.182. The van der Waals surface area contributed by atoms with Crippen LogP contribution in [0.3, 0.4) is 0 Å². The van der Waals surface area contributed by atoms with Crippen molar-refractivity contribution in [1.29, 1.82) is 0 Å². The van der Waals surface area contributed by atoms with Gasteiger partial charge in [-0.05, 0) is 36.2 Å². The van der Waals surface area contributed by atoms with Crippen molar-refractivity contribution in [3.05, 3.63) is 28.6 Å². The number of aldehydes is 1. The van der Waals surface area contributed by atoms with Gasteiger partial charge in [-0.15, -0.1) is 5.10 Å². The van der Waals surface area contributed by atoms with Gasteiger partial charge in [-0.2, -0.15) is 0 Å². The molecular formula is C11H10N2O2S. The smallest absolute Gasteiger partial charge is 0.163 e. The number of carbonyl (C=O) groups excluding carboxylic acids is 1. The van der Waals surface area contributed by atoms with Gasteiger partial charge in [0, 0.05) is 5.56 Å². The lowest BCUT2D eigenvalue weighted by atomic mass is 10.1. The van der Waals surface area contributed by atoms with E-state index >= 15 is 0 Å². The molecule has 0 aliphatic rings. The quantitative estimate of drug-likeness (QED) is 0.765. The first-order chi connectivity index (χ1) is 7.76. The zero-order valence-corrected chi connectivity index (χ0v) is 9.75. The van der Waals surface area contributed by atoms with Gasteiger partial charge in [0.15, 0.2) is 6.29 Å². The van der Waals surface area contributed by atoms with E-state index in [2.05, 4.69) is 9.59 Å². The molecule has 1 aromatic heterocycles. The minimum atomic E-state index is 0.516. The number of aryl methyl sites for hydroxylation is 1. The van der Waals surface area contributed by atoms with E-state index in [0.717, 1.165) is 28.9 Å². The molecule has 16 heavy (non-hydrogen) atoms. The SMILES string of the molecule is COc1cc(C)ccc1-c1nnsc1C=O. The highest BCUT2D eigenvalue weighted by Gasteiger charge is 2.14. The molecule has 2 rings (SSSR count). The predicted molar refractivity (Wildman–Crippen MR) is 62.0 cm³/mol. The van der Waals surface area contributed by atoms with Crippen molar-refractivity contribution in [2.45, 2.75) is 6.92 Å². The third kappa shape index (κ3) is 1.81. The molecule has 82 valence electrons. The van der Waals surface area contributed by atoms with Crippen LogP contribution < -0.4 is 4.74 Å². The van der Waals surface area contributed by atoms with E-state index in [0.29, 0.717) is 16.3 Å². The molecule has 0 bridgehead atoms. The van der Waals surface area contributed by atoms with E-state index in [-0.39, 0.29) is 0 Å². The molecule has 0 fully saturated rings. The van der Waals surface area contributed by atoms with Crippen LogP contribution in [-0.2, 0) is 0 Å². The average Bonchev–Trinajstić information content (AvgIpc) is 2.76. The van der Waals surface area contributed by atoms with Crippen molar-refractivity contribution in [3.8, 4) is 17.0 Å². The van der Waals surface area contributed by atoms with Gasteiger partial charge in [-0.3, -0.25) is 4.79 Å². The largest absolute Gasteiger partial charge is 0.496 e. The molecule has 4 nitrogen and oxygen atoms in total. The normalized spacial score (nSPS) is 10.1. The average molecular weight is 234 g/mol. The Kier molecular flexibility index (Phi) is 2.96. The van der Waals surface area contributed by atoms with Crippen LogP contribution in [0.5, 0.6) is 5.75 Å². The number of nitrogens with zero attached hydrogens (tertiary/aromatic N) is 2. The zero-order chi connectivity index (χ0) is 11.5. The van der Waals surface area contributed by atoms with Crippen molar-refractivity contribution >= 4 is 17.8 Å². The fourth-order valence-corrected chi connectivity index (χ4v) is 1.95. The van der Waals surface area contributed by atoms with Gasteiger partial charge in [-0.1, -0.05) is 10.6 Å². The third-order valence-corrected chi connectivity index (χ3v) is 2.88. The first kappa shape index (κ1) is 10.8. The monoisotopic (exact) mass is 234 g/mol. The predicted octanol–water partition coefficient (Wildman–Crippen LogP) is 2.33. The topological polar surface area (TPSA) is 52.1 Å². The summed E-state index contributed by atoms with van der Waals surface area (Å²) in [7, 11) is 1.60. The van der Waals surface area contributed by atoms with Crippen LogP contribution in [0.1, 0.15) is 15.2 Å². The summed E-state index contributed by atoms with van der Waals surface area (Å²) in [5, 5.41) is 3.95. The zero-order valence-electron chi connectivity index (χ0n) is 8.93. The number of methoxy groups -OCH3 is 1. The van der Waals surface area contributed by atoms with Crippen LogP contribution in [-0.4, -0.2) is 23.0 Å². The highest BCUT2D eigenvalue weighted by Crippen LogP contribution is 2.31. The second kappa shape index (κ2) is 4.40. The summed E-state index contributed by atoms with van der Waals surface area (Å²) in [6, 6.07) is 5.74. The molecular weight excluding hydrogens is 224 g/mol. The molecule has 5 heteroatoms. The number of carbonyl (C=O) groups is 1. The van der Waals surface area contributed by atoms with Gasteiger partial charge in [0.05, 0.1) is 7.11 Å². The Morgan fingerprint density at radius 3 is 2.94 bits per heavy atom. The highest BCUT2D eigenvalue weighted by molar-refractivity contribution is 7.07.